The zero-order valence-corrected chi connectivity index (χ0v) is 15.6. The van der Waals surface area contributed by atoms with Gasteiger partial charge >= 0.3 is 0 Å². The summed E-state index contributed by atoms with van der Waals surface area (Å²) in [6.07, 6.45) is 3.40. The molecule has 0 bridgehead atoms. The second kappa shape index (κ2) is 6.34. The van der Waals surface area contributed by atoms with Gasteiger partial charge in [-0.25, -0.2) is 14.9 Å². The summed E-state index contributed by atoms with van der Waals surface area (Å²) in [5.41, 5.74) is 3.23. The Balaban J connectivity index is 1.44. The lowest BCUT2D eigenvalue weighted by Crippen LogP contribution is -2.35. The van der Waals surface area contributed by atoms with Crippen molar-refractivity contribution in [2.45, 2.75) is 19.4 Å². The van der Waals surface area contributed by atoms with Gasteiger partial charge in [-0.2, -0.15) is 0 Å². The maximum absolute atomic E-state index is 13.1. The first-order chi connectivity index (χ1) is 14.1. The Bertz CT molecular complexity index is 1140. The molecule has 1 aromatic heterocycles. The van der Waals surface area contributed by atoms with E-state index in [1.165, 1.54) is 12.5 Å². The van der Waals surface area contributed by atoms with E-state index in [0.29, 0.717) is 11.3 Å². The number of aromatic nitrogens is 2. The van der Waals surface area contributed by atoms with E-state index >= 15 is 0 Å². The van der Waals surface area contributed by atoms with Crippen LogP contribution in [0.5, 0.6) is 0 Å². The van der Waals surface area contributed by atoms with Crippen LogP contribution in [0.2, 0.25) is 0 Å². The molecular formula is C22H16N4O3. The Labute approximate surface area is 166 Å². The number of hydrogen-bond acceptors (Lipinski definition) is 5. The highest BCUT2D eigenvalue weighted by Gasteiger charge is 2.38. The number of amides is 3. The van der Waals surface area contributed by atoms with Crippen LogP contribution >= 0.6 is 0 Å². The first kappa shape index (κ1) is 17.2. The number of fused-ring (bicyclic) bond motifs is 2. The first-order valence-corrected chi connectivity index (χ1v) is 9.26. The van der Waals surface area contributed by atoms with Crippen LogP contribution < -0.4 is 9.80 Å². The zero-order chi connectivity index (χ0) is 20.1. The predicted molar refractivity (Wildman–Crippen MR) is 106 cm³/mol. The summed E-state index contributed by atoms with van der Waals surface area (Å²) in [6, 6.07) is 14.4. The van der Waals surface area contributed by atoms with Crippen LogP contribution in [0.1, 0.15) is 43.7 Å². The summed E-state index contributed by atoms with van der Waals surface area (Å²) in [5.74, 6) is -1.07. The average Bonchev–Trinajstić information content (AvgIpc) is 3.21. The standard InChI is InChI=1S/C22H16N4O3/c1-13-10-15-4-2-3-5-18(15)25(13)20(27)14-6-8-16(9-7-14)26-21(28)17-11-23-12-24-19(17)22(26)29/h2-9,11-13H,10H2,1H3. The highest BCUT2D eigenvalue weighted by Crippen LogP contribution is 2.33. The summed E-state index contributed by atoms with van der Waals surface area (Å²) in [4.78, 5) is 48.8. The molecule has 7 heteroatoms. The number of anilines is 2. The molecule has 3 amide bonds. The fourth-order valence-corrected chi connectivity index (χ4v) is 3.98. The Hall–Kier alpha value is -3.87. The van der Waals surface area contributed by atoms with Crippen LogP contribution in [0, 0.1) is 0 Å². The van der Waals surface area contributed by atoms with Gasteiger partial charge in [-0.05, 0) is 49.2 Å². The number of rotatable bonds is 2. The molecule has 2 aliphatic rings. The van der Waals surface area contributed by atoms with E-state index in [0.717, 1.165) is 22.6 Å². The fraction of sp³-hybridized carbons (Fsp3) is 0.136. The third-order valence-electron chi connectivity index (χ3n) is 5.35. The summed E-state index contributed by atoms with van der Waals surface area (Å²) in [6.45, 7) is 2.02. The highest BCUT2D eigenvalue weighted by atomic mass is 16.2. The Morgan fingerprint density at radius 2 is 1.79 bits per heavy atom. The lowest BCUT2D eigenvalue weighted by molar-refractivity contribution is 0.0923. The van der Waals surface area contributed by atoms with Gasteiger partial charge in [0.2, 0.25) is 0 Å². The molecule has 0 saturated heterocycles. The smallest absolute Gasteiger partial charge is 0.284 e. The SMILES string of the molecule is CC1Cc2ccccc2N1C(=O)c1ccc(N2C(=O)c3cncnc3C2=O)cc1. The molecular weight excluding hydrogens is 368 g/mol. The first-order valence-electron chi connectivity index (χ1n) is 9.26. The monoisotopic (exact) mass is 384 g/mol. The third kappa shape index (κ3) is 2.55. The molecule has 5 rings (SSSR count). The van der Waals surface area contributed by atoms with Gasteiger partial charge in [-0.3, -0.25) is 14.4 Å². The molecule has 0 N–H and O–H groups in total. The minimum atomic E-state index is -0.492. The number of para-hydroxylation sites is 1. The van der Waals surface area contributed by atoms with Crippen LogP contribution in [0.15, 0.2) is 61.1 Å². The quantitative estimate of drug-likeness (QED) is 0.635. The van der Waals surface area contributed by atoms with E-state index in [-0.39, 0.29) is 23.2 Å². The summed E-state index contributed by atoms with van der Waals surface area (Å²) >= 11 is 0. The second-order valence-electron chi connectivity index (χ2n) is 7.13. The molecule has 29 heavy (non-hydrogen) atoms. The normalized spacial score (nSPS) is 17.5. The van der Waals surface area contributed by atoms with E-state index in [1.54, 1.807) is 29.2 Å². The van der Waals surface area contributed by atoms with E-state index in [4.69, 9.17) is 0 Å². The van der Waals surface area contributed by atoms with E-state index in [9.17, 15) is 14.4 Å². The van der Waals surface area contributed by atoms with Crippen molar-refractivity contribution in [2.24, 2.45) is 0 Å². The van der Waals surface area contributed by atoms with Crippen LogP contribution in [0.25, 0.3) is 0 Å². The van der Waals surface area contributed by atoms with E-state index in [2.05, 4.69) is 9.97 Å². The summed E-state index contributed by atoms with van der Waals surface area (Å²) in [7, 11) is 0. The Morgan fingerprint density at radius 3 is 2.55 bits per heavy atom. The van der Waals surface area contributed by atoms with Gasteiger partial charge in [-0.1, -0.05) is 18.2 Å². The highest BCUT2D eigenvalue weighted by molar-refractivity contribution is 6.33. The van der Waals surface area contributed by atoms with Crippen molar-refractivity contribution < 1.29 is 14.4 Å². The number of benzene rings is 2. The molecule has 0 aliphatic carbocycles. The summed E-state index contributed by atoms with van der Waals surface area (Å²) in [5, 5.41) is 0. The number of carbonyl (C=O) groups is 3. The number of hydrogen-bond donors (Lipinski definition) is 0. The average molecular weight is 384 g/mol. The van der Waals surface area contributed by atoms with E-state index in [1.807, 2.05) is 31.2 Å². The Morgan fingerprint density at radius 1 is 1.03 bits per heavy atom. The molecule has 3 aromatic rings. The topological polar surface area (TPSA) is 83.5 Å². The minimum absolute atomic E-state index is 0.0642. The molecule has 0 radical (unpaired) electrons. The molecule has 2 aliphatic heterocycles. The van der Waals surface area contributed by atoms with Crippen molar-refractivity contribution in [3.63, 3.8) is 0 Å². The second-order valence-corrected chi connectivity index (χ2v) is 7.13. The van der Waals surface area contributed by atoms with Crippen LogP contribution in [0.3, 0.4) is 0 Å². The van der Waals surface area contributed by atoms with Gasteiger partial charge in [0.1, 0.15) is 12.0 Å². The van der Waals surface area contributed by atoms with Crippen molar-refractivity contribution in [3.05, 3.63) is 83.4 Å². The van der Waals surface area contributed by atoms with Crippen LogP contribution in [-0.2, 0) is 6.42 Å². The lowest BCUT2D eigenvalue weighted by Gasteiger charge is -2.23. The molecule has 2 aromatic carbocycles. The third-order valence-corrected chi connectivity index (χ3v) is 5.35. The van der Waals surface area contributed by atoms with Crippen molar-refractivity contribution in [1.82, 2.24) is 9.97 Å². The van der Waals surface area contributed by atoms with Gasteiger partial charge in [0.05, 0.1) is 11.3 Å². The molecule has 7 nitrogen and oxygen atoms in total. The largest absolute Gasteiger partial charge is 0.305 e. The molecule has 0 spiro atoms. The fourth-order valence-electron chi connectivity index (χ4n) is 3.98. The summed E-state index contributed by atoms with van der Waals surface area (Å²) < 4.78 is 0. The van der Waals surface area contributed by atoms with Crippen molar-refractivity contribution >= 4 is 29.1 Å². The minimum Gasteiger partial charge on any atom is -0.305 e. The Kier molecular flexibility index (Phi) is 3.77. The molecule has 1 atom stereocenters. The zero-order valence-electron chi connectivity index (χ0n) is 15.6. The van der Waals surface area contributed by atoms with Crippen molar-refractivity contribution in [1.29, 1.82) is 0 Å². The van der Waals surface area contributed by atoms with E-state index < -0.39 is 11.8 Å². The molecule has 3 heterocycles. The van der Waals surface area contributed by atoms with Gasteiger partial charge in [0.15, 0.2) is 0 Å². The number of carbonyl (C=O) groups excluding carboxylic acids is 3. The van der Waals surface area contributed by atoms with Gasteiger partial charge in [0.25, 0.3) is 17.7 Å². The molecule has 0 fully saturated rings. The number of imide groups is 1. The predicted octanol–water partition coefficient (Wildman–Crippen LogP) is 2.87. The van der Waals surface area contributed by atoms with Crippen LogP contribution in [0.4, 0.5) is 11.4 Å². The van der Waals surface area contributed by atoms with Crippen molar-refractivity contribution in [2.75, 3.05) is 9.80 Å². The maximum atomic E-state index is 13.1. The molecule has 1 unspecified atom stereocenters. The molecule has 0 saturated carbocycles. The lowest BCUT2D eigenvalue weighted by atomic mass is 10.1. The van der Waals surface area contributed by atoms with Gasteiger partial charge in [0, 0.05) is 23.5 Å². The van der Waals surface area contributed by atoms with Gasteiger partial charge < -0.3 is 4.90 Å². The van der Waals surface area contributed by atoms with Gasteiger partial charge in [-0.15, -0.1) is 0 Å². The van der Waals surface area contributed by atoms with Crippen molar-refractivity contribution in [3.8, 4) is 0 Å². The molecule has 142 valence electrons. The van der Waals surface area contributed by atoms with Crippen LogP contribution in [-0.4, -0.2) is 33.7 Å². The number of nitrogens with zero attached hydrogens (tertiary/aromatic N) is 4. The maximum Gasteiger partial charge on any atom is 0.284 e.